The maximum Gasteiger partial charge on any atom is 0.524 e. The van der Waals surface area contributed by atoms with E-state index in [0.29, 0.717) is 23.1 Å². The lowest BCUT2D eigenvalue weighted by atomic mass is 10.0. The zero-order chi connectivity index (χ0) is 68.3. The Balaban J connectivity index is 1.83. The fourth-order valence-corrected chi connectivity index (χ4v) is 8.89. The first-order valence-corrected chi connectivity index (χ1v) is 30.1. The summed E-state index contributed by atoms with van der Waals surface area (Å²) in [4.78, 5) is 178. The minimum absolute atomic E-state index is 0.120. The molecule has 0 saturated heterocycles. The van der Waals surface area contributed by atoms with Crippen molar-refractivity contribution in [3.05, 3.63) is 89.5 Å². The number of carbonyl (C=O) groups excluding carboxylic acids is 10. The fourth-order valence-electron chi connectivity index (χ4n) is 8.49. The van der Waals surface area contributed by atoms with Crippen molar-refractivity contribution >= 4 is 78.8 Å². The number of rotatable bonds is 38. The van der Waals surface area contributed by atoms with E-state index in [4.69, 9.17) is 21.3 Å². The Hall–Kier alpha value is -9.27. The van der Waals surface area contributed by atoms with Crippen LogP contribution in [0.15, 0.2) is 72.8 Å². The van der Waals surface area contributed by atoms with E-state index in [1.807, 2.05) is 0 Å². The van der Waals surface area contributed by atoms with Crippen LogP contribution in [0.3, 0.4) is 0 Å². The summed E-state index contributed by atoms with van der Waals surface area (Å²) in [6, 6.07) is 2.63. The summed E-state index contributed by atoms with van der Waals surface area (Å²) >= 11 is 0. The van der Waals surface area contributed by atoms with Crippen LogP contribution in [0.5, 0.6) is 17.2 Å². The van der Waals surface area contributed by atoms with Gasteiger partial charge in [0.1, 0.15) is 72.1 Å². The van der Waals surface area contributed by atoms with Gasteiger partial charge >= 0.3 is 19.8 Å². The van der Waals surface area contributed by atoms with Gasteiger partial charge in [0.15, 0.2) is 0 Å². The summed E-state index contributed by atoms with van der Waals surface area (Å²) in [7, 11) is -4.92. The van der Waals surface area contributed by atoms with Gasteiger partial charge in [0.25, 0.3) is 0 Å². The van der Waals surface area contributed by atoms with Gasteiger partial charge in [-0.05, 0) is 112 Å². The molecule has 3 aromatic carbocycles. The van der Waals surface area contributed by atoms with Gasteiger partial charge in [-0.2, -0.15) is 0 Å². The molecule has 0 aliphatic rings. The number of phenols is 2. The van der Waals surface area contributed by atoms with E-state index in [9.17, 15) is 87.6 Å². The quantitative estimate of drug-likeness (QED) is 0.0193. The van der Waals surface area contributed by atoms with E-state index in [2.05, 4.69) is 57.7 Å². The molecular weight excluding hydrogens is 1220 g/mol. The molecule has 0 aliphatic heterocycles. The standard InChI is InChI=1S/C57H81N12O21P/c1-29(2)47(56(85)66-41(52(81)61-28-46(76)77)24-35-13-19-38(20-14-35)90-91(87,88)89)68-50(79)31(4)62-54(83)42(25-33-9-15-36(71)16-10-33)63-44(73)27-60-51(80)40(21-22-45(74)75)65-53(82)39(8-6-7-23-58)64-55(84)43(26-34-11-17-37(72)18-12-34)67-57(86)48(32(5)70)69-49(78)30(3)59/h9-20,29-32,39-43,47-48,70-72H,6-8,21-28,58-59H2,1-5H3,(H,60,80)(H,61,81)(H,62,83)(H,63,73)(H,64,84)(H,65,82)(H,66,85)(H,67,86)(H,68,79)(H,69,78)(H,74,75)(H,76,77)(H2,87,88,89)/t30-,31-,32+,39-,40-,41-,42-,43-,47-,48-/m0/s1. The van der Waals surface area contributed by atoms with Crippen LogP contribution < -0.4 is 69.2 Å². The monoisotopic (exact) mass is 1300 g/mol. The molecule has 0 bridgehead atoms. The normalized spacial score (nSPS) is 14.5. The number of phosphoric acid groups is 1. The van der Waals surface area contributed by atoms with Gasteiger partial charge in [0, 0.05) is 25.7 Å². The summed E-state index contributed by atoms with van der Waals surface area (Å²) in [5, 5.41) is 73.1. The number of carbonyl (C=O) groups is 12. The average molecular weight is 1300 g/mol. The van der Waals surface area contributed by atoms with E-state index in [-0.39, 0.29) is 55.9 Å². The Morgan fingerprint density at radius 1 is 0.484 bits per heavy atom. The van der Waals surface area contributed by atoms with Crippen molar-refractivity contribution in [3.8, 4) is 17.2 Å². The number of amides is 10. The molecule has 3 aromatic rings. The highest BCUT2D eigenvalue weighted by molar-refractivity contribution is 7.46. The number of aliphatic carboxylic acids is 2. The number of hydrogen-bond donors (Lipinski definition) is 19. The Labute approximate surface area is 522 Å². The van der Waals surface area contributed by atoms with Gasteiger partial charge in [-0.15, -0.1) is 0 Å². The molecule has 0 fully saturated rings. The van der Waals surface area contributed by atoms with Gasteiger partial charge in [-0.3, -0.25) is 67.3 Å². The number of benzene rings is 3. The summed E-state index contributed by atoms with van der Waals surface area (Å²) in [5.41, 5.74) is 12.4. The molecule has 0 spiro atoms. The number of unbranched alkanes of at least 4 members (excludes halogenated alkanes) is 1. The number of phosphoric ester groups is 1. The molecule has 0 aliphatic carbocycles. The van der Waals surface area contributed by atoms with Crippen molar-refractivity contribution in [1.29, 1.82) is 0 Å². The second-order valence-corrected chi connectivity index (χ2v) is 22.7. The van der Waals surface area contributed by atoms with E-state index in [1.165, 1.54) is 107 Å². The van der Waals surface area contributed by atoms with Crippen LogP contribution >= 0.6 is 7.82 Å². The smallest absolute Gasteiger partial charge is 0.508 e. The van der Waals surface area contributed by atoms with Crippen LogP contribution in [0.2, 0.25) is 0 Å². The summed E-state index contributed by atoms with van der Waals surface area (Å²) in [6.45, 7) is 5.26. The second kappa shape index (κ2) is 37.0. The third-order valence-electron chi connectivity index (χ3n) is 13.4. The highest BCUT2D eigenvalue weighted by atomic mass is 31.2. The highest BCUT2D eigenvalue weighted by Crippen LogP contribution is 2.37. The van der Waals surface area contributed by atoms with Crippen LogP contribution in [0.4, 0.5) is 0 Å². The van der Waals surface area contributed by atoms with Gasteiger partial charge in [-0.1, -0.05) is 50.2 Å². The number of nitrogens with two attached hydrogens (primary N) is 2. The van der Waals surface area contributed by atoms with Crippen LogP contribution in [0.1, 0.15) is 83.4 Å². The third-order valence-corrected chi connectivity index (χ3v) is 13.9. The molecule has 0 heterocycles. The van der Waals surface area contributed by atoms with Crippen LogP contribution in [0, 0.1) is 5.92 Å². The minimum atomic E-state index is -4.92. The molecule has 0 aromatic heterocycles. The van der Waals surface area contributed by atoms with Crippen molar-refractivity contribution in [3.63, 3.8) is 0 Å². The fraction of sp³-hybridized carbons (Fsp3) is 0.474. The molecule has 0 unspecified atom stereocenters. The van der Waals surface area contributed by atoms with Crippen molar-refractivity contribution in [2.75, 3.05) is 19.6 Å². The van der Waals surface area contributed by atoms with Crippen LogP contribution in [0.25, 0.3) is 0 Å². The maximum atomic E-state index is 14.2. The number of aromatic hydroxyl groups is 2. The number of aliphatic hydroxyl groups excluding tert-OH is 1. The minimum Gasteiger partial charge on any atom is -0.508 e. The SMILES string of the molecule is CC(C)[C@H](NC(=O)[C@H](C)NC(=O)[C@H](Cc1ccc(O)cc1)NC(=O)CNC(=O)[C@H](CCC(=O)O)NC(=O)[C@H](CCCCN)NC(=O)[C@H](Cc1ccc(O)cc1)NC(=O)[C@@H](NC(=O)[C@H](C)N)[C@@H](C)O)C(=O)N[C@@H](Cc1ccc(OP(=O)(O)O)cc1)C(=O)NCC(=O)O. The van der Waals surface area contributed by atoms with Crippen molar-refractivity contribution in [2.45, 2.75) is 146 Å². The van der Waals surface area contributed by atoms with E-state index in [1.54, 1.807) is 0 Å². The van der Waals surface area contributed by atoms with Crippen LogP contribution in [-0.4, -0.2) is 186 Å². The Bertz CT molecular complexity index is 3060. The van der Waals surface area contributed by atoms with Gasteiger partial charge < -0.3 is 94.7 Å². The molecule has 0 radical (unpaired) electrons. The summed E-state index contributed by atoms with van der Waals surface area (Å²) in [6.07, 6.45) is -3.17. The summed E-state index contributed by atoms with van der Waals surface area (Å²) in [5.74, 6) is -13.8. The number of carboxylic acid groups (broad SMARTS) is 2. The van der Waals surface area contributed by atoms with Gasteiger partial charge in [0.05, 0.1) is 18.7 Å². The molecule has 500 valence electrons. The molecular formula is C57H81N12O21P. The first kappa shape index (κ1) is 76.0. The largest absolute Gasteiger partial charge is 0.524 e. The lowest BCUT2D eigenvalue weighted by molar-refractivity contribution is -0.139. The number of aliphatic hydroxyl groups is 1. The molecule has 91 heavy (non-hydrogen) atoms. The number of nitrogens with one attached hydrogen (secondary N) is 10. The van der Waals surface area contributed by atoms with Gasteiger partial charge in [0.2, 0.25) is 59.1 Å². The van der Waals surface area contributed by atoms with Gasteiger partial charge in [-0.25, -0.2) is 4.57 Å². The Morgan fingerprint density at radius 3 is 1.36 bits per heavy atom. The molecule has 21 N–H and O–H groups in total. The lowest BCUT2D eigenvalue weighted by Crippen LogP contribution is -2.61. The topological polar surface area (TPSA) is 545 Å². The summed E-state index contributed by atoms with van der Waals surface area (Å²) < 4.78 is 15.8. The zero-order valence-electron chi connectivity index (χ0n) is 50.5. The third kappa shape index (κ3) is 28.0. The zero-order valence-corrected chi connectivity index (χ0v) is 51.4. The predicted molar refractivity (Wildman–Crippen MR) is 321 cm³/mol. The molecule has 34 heteroatoms. The van der Waals surface area contributed by atoms with Crippen molar-refractivity contribution < 1.29 is 102 Å². The lowest BCUT2D eigenvalue weighted by Gasteiger charge is -2.27. The molecule has 10 amide bonds. The number of phenolic OH excluding ortho intramolecular Hbond substituents is 2. The predicted octanol–water partition coefficient (Wildman–Crippen LogP) is -3.81. The number of carboxylic acids is 2. The average Bonchev–Trinajstić information content (AvgIpc) is 1.85. The van der Waals surface area contributed by atoms with E-state index in [0.717, 1.165) is 0 Å². The molecule has 3 rings (SSSR count). The Morgan fingerprint density at radius 2 is 0.901 bits per heavy atom. The molecule has 0 saturated carbocycles. The van der Waals surface area contributed by atoms with E-state index < -0.39 is 171 Å². The first-order valence-electron chi connectivity index (χ1n) is 28.6. The molecule has 10 atom stereocenters. The molecule has 33 nitrogen and oxygen atoms in total. The Kier molecular flexibility index (Phi) is 30.9. The van der Waals surface area contributed by atoms with Crippen LogP contribution in [-0.2, 0) is 81.4 Å². The van der Waals surface area contributed by atoms with Crippen molar-refractivity contribution in [1.82, 2.24) is 53.2 Å². The maximum absolute atomic E-state index is 14.2. The highest BCUT2D eigenvalue weighted by Gasteiger charge is 2.36. The first-order chi connectivity index (χ1) is 42.7. The van der Waals surface area contributed by atoms with Crippen molar-refractivity contribution in [2.24, 2.45) is 17.4 Å². The second-order valence-electron chi connectivity index (χ2n) is 21.6. The number of hydrogen-bond acceptors (Lipinski definition) is 19. The van der Waals surface area contributed by atoms with E-state index >= 15 is 0 Å².